The molecule has 0 saturated heterocycles. The number of nitrogens with one attached hydrogen (secondary N) is 1. The van der Waals surface area contributed by atoms with Crippen LogP contribution in [0.4, 0.5) is 5.69 Å². The lowest BCUT2D eigenvalue weighted by Gasteiger charge is -2.26. The molecule has 94 valence electrons. The van der Waals surface area contributed by atoms with Crippen LogP contribution >= 0.6 is 15.9 Å². The van der Waals surface area contributed by atoms with Gasteiger partial charge >= 0.3 is 0 Å². The Morgan fingerprint density at radius 3 is 2.76 bits per heavy atom. The highest BCUT2D eigenvalue weighted by Crippen LogP contribution is 2.22. The molecule has 0 saturated carbocycles. The van der Waals surface area contributed by atoms with E-state index in [4.69, 9.17) is 5.73 Å². The van der Waals surface area contributed by atoms with Crippen molar-refractivity contribution in [2.45, 2.75) is 33.2 Å². The first-order valence-corrected chi connectivity index (χ1v) is 6.26. The van der Waals surface area contributed by atoms with Crippen molar-refractivity contribution < 1.29 is 4.79 Å². The second-order valence-corrected chi connectivity index (χ2v) is 5.82. The number of pyridine rings is 1. The summed E-state index contributed by atoms with van der Waals surface area (Å²) in [6.45, 7) is 6.06. The van der Waals surface area contributed by atoms with Gasteiger partial charge in [0.15, 0.2) is 0 Å². The molecule has 1 unspecified atom stereocenters. The topological polar surface area (TPSA) is 68.0 Å². The molecule has 1 aromatic heterocycles. The van der Waals surface area contributed by atoms with E-state index in [1.165, 1.54) is 0 Å². The number of carbonyl (C=O) groups excluding carboxylic acids is 1. The first-order chi connectivity index (χ1) is 7.80. The van der Waals surface area contributed by atoms with Gasteiger partial charge in [-0.25, -0.2) is 4.98 Å². The zero-order valence-corrected chi connectivity index (χ0v) is 11.9. The van der Waals surface area contributed by atoms with Crippen LogP contribution < -0.4 is 11.1 Å². The van der Waals surface area contributed by atoms with Crippen molar-refractivity contribution in [1.82, 2.24) is 4.98 Å². The van der Waals surface area contributed by atoms with Crippen molar-refractivity contribution in [2.75, 3.05) is 5.32 Å². The molecule has 1 atom stereocenters. The summed E-state index contributed by atoms with van der Waals surface area (Å²) in [6, 6.07) is 3.39. The number of halogens is 1. The molecule has 5 heteroatoms. The summed E-state index contributed by atoms with van der Waals surface area (Å²) in [6.07, 6.45) is 1.95. The van der Waals surface area contributed by atoms with Crippen LogP contribution in [0, 0.1) is 5.41 Å². The van der Waals surface area contributed by atoms with Crippen LogP contribution in [0.25, 0.3) is 0 Å². The maximum Gasteiger partial charge on any atom is 0.226 e. The van der Waals surface area contributed by atoms with Crippen LogP contribution in [0.15, 0.2) is 22.9 Å². The van der Waals surface area contributed by atoms with Crippen LogP contribution in [0.1, 0.15) is 27.2 Å². The number of rotatable bonds is 3. The molecule has 17 heavy (non-hydrogen) atoms. The number of carbonyl (C=O) groups is 1. The number of nitrogens with zero attached hydrogens (tertiary/aromatic N) is 1. The molecule has 0 aliphatic rings. The maximum atomic E-state index is 11.8. The molecule has 0 spiro atoms. The SMILES string of the molecule is CC(C)(C)C(N)CC(=O)Nc1cccnc1Br. The summed E-state index contributed by atoms with van der Waals surface area (Å²) < 4.78 is 0.623. The number of hydrogen-bond donors (Lipinski definition) is 2. The normalized spacial score (nSPS) is 13.2. The minimum Gasteiger partial charge on any atom is -0.327 e. The Bertz CT molecular complexity index is 401. The minimum absolute atomic E-state index is 0.0799. The highest BCUT2D eigenvalue weighted by atomic mass is 79.9. The number of amides is 1. The molecular formula is C12H18BrN3O. The molecule has 3 N–H and O–H groups in total. The van der Waals surface area contributed by atoms with Gasteiger partial charge in [-0.3, -0.25) is 4.79 Å². The smallest absolute Gasteiger partial charge is 0.226 e. The molecule has 1 amide bonds. The van der Waals surface area contributed by atoms with E-state index in [0.29, 0.717) is 16.7 Å². The molecule has 1 aromatic rings. The Balaban J connectivity index is 2.60. The summed E-state index contributed by atoms with van der Waals surface area (Å²) in [4.78, 5) is 15.8. The summed E-state index contributed by atoms with van der Waals surface area (Å²) in [5.74, 6) is -0.0962. The fourth-order valence-electron chi connectivity index (χ4n) is 1.19. The zero-order valence-electron chi connectivity index (χ0n) is 10.3. The predicted octanol–water partition coefficient (Wildman–Crippen LogP) is 2.55. The molecule has 4 nitrogen and oxygen atoms in total. The summed E-state index contributed by atoms with van der Waals surface area (Å²) in [5.41, 5.74) is 6.54. The number of anilines is 1. The highest BCUT2D eigenvalue weighted by Gasteiger charge is 2.23. The third kappa shape index (κ3) is 4.44. The molecular weight excluding hydrogens is 282 g/mol. The number of hydrogen-bond acceptors (Lipinski definition) is 3. The third-order valence-electron chi connectivity index (χ3n) is 2.55. The third-order valence-corrected chi connectivity index (χ3v) is 3.18. The van der Waals surface area contributed by atoms with Crippen molar-refractivity contribution >= 4 is 27.5 Å². The number of nitrogens with two attached hydrogens (primary N) is 1. The largest absolute Gasteiger partial charge is 0.327 e. The van der Waals surface area contributed by atoms with E-state index in [2.05, 4.69) is 26.2 Å². The number of aromatic nitrogens is 1. The molecule has 1 rings (SSSR count). The van der Waals surface area contributed by atoms with Crippen LogP contribution in [0.3, 0.4) is 0 Å². The monoisotopic (exact) mass is 299 g/mol. The van der Waals surface area contributed by atoms with Gasteiger partial charge in [0, 0.05) is 18.7 Å². The Kier molecular flexibility index (Phi) is 4.65. The Labute approximate surface area is 110 Å². The van der Waals surface area contributed by atoms with E-state index < -0.39 is 0 Å². The van der Waals surface area contributed by atoms with Gasteiger partial charge in [0.1, 0.15) is 4.60 Å². The Morgan fingerprint density at radius 2 is 2.24 bits per heavy atom. The van der Waals surface area contributed by atoms with Gasteiger partial charge in [0.2, 0.25) is 5.91 Å². The van der Waals surface area contributed by atoms with Gasteiger partial charge in [-0.05, 0) is 33.5 Å². The Hall–Kier alpha value is -0.940. The molecule has 0 aliphatic carbocycles. The van der Waals surface area contributed by atoms with Gasteiger partial charge in [-0.2, -0.15) is 0 Å². The summed E-state index contributed by atoms with van der Waals surface area (Å²) >= 11 is 3.27. The van der Waals surface area contributed by atoms with Crippen molar-refractivity contribution in [3.63, 3.8) is 0 Å². The second-order valence-electron chi connectivity index (χ2n) is 5.07. The van der Waals surface area contributed by atoms with Crippen molar-refractivity contribution in [3.8, 4) is 0 Å². The van der Waals surface area contributed by atoms with E-state index in [1.807, 2.05) is 20.8 Å². The van der Waals surface area contributed by atoms with Gasteiger partial charge in [0.05, 0.1) is 5.69 Å². The summed E-state index contributed by atoms with van der Waals surface area (Å²) in [7, 11) is 0. The lowest BCUT2D eigenvalue weighted by atomic mass is 9.85. The lowest BCUT2D eigenvalue weighted by Crippen LogP contribution is -2.38. The fraction of sp³-hybridized carbons (Fsp3) is 0.500. The molecule has 0 radical (unpaired) electrons. The van der Waals surface area contributed by atoms with E-state index >= 15 is 0 Å². The van der Waals surface area contributed by atoms with Gasteiger partial charge in [-0.15, -0.1) is 0 Å². The fourth-order valence-corrected chi connectivity index (χ4v) is 1.54. The predicted molar refractivity (Wildman–Crippen MR) is 72.6 cm³/mol. The quantitative estimate of drug-likeness (QED) is 0.843. The van der Waals surface area contributed by atoms with Crippen LogP contribution in [-0.2, 0) is 4.79 Å². The summed E-state index contributed by atoms with van der Waals surface area (Å²) in [5, 5.41) is 2.78. The molecule has 0 bridgehead atoms. The van der Waals surface area contributed by atoms with Crippen LogP contribution in [0.5, 0.6) is 0 Å². The standard InChI is InChI=1S/C12H18BrN3O/c1-12(2,3)9(14)7-10(17)16-8-5-4-6-15-11(8)13/h4-6,9H,7,14H2,1-3H3,(H,16,17). The van der Waals surface area contributed by atoms with Gasteiger partial charge in [0.25, 0.3) is 0 Å². The molecule has 0 fully saturated rings. The average molecular weight is 300 g/mol. The second kappa shape index (κ2) is 5.60. The van der Waals surface area contributed by atoms with Crippen molar-refractivity contribution in [2.24, 2.45) is 11.1 Å². The van der Waals surface area contributed by atoms with Crippen LogP contribution in [0.2, 0.25) is 0 Å². The Morgan fingerprint density at radius 1 is 1.59 bits per heavy atom. The highest BCUT2D eigenvalue weighted by molar-refractivity contribution is 9.10. The van der Waals surface area contributed by atoms with E-state index in [9.17, 15) is 4.79 Å². The molecule has 0 aromatic carbocycles. The maximum absolute atomic E-state index is 11.8. The van der Waals surface area contributed by atoms with Crippen molar-refractivity contribution in [1.29, 1.82) is 0 Å². The van der Waals surface area contributed by atoms with E-state index in [0.717, 1.165) is 0 Å². The van der Waals surface area contributed by atoms with E-state index in [-0.39, 0.29) is 17.4 Å². The first-order valence-electron chi connectivity index (χ1n) is 5.46. The van der Waals surface area contributed by atoms with Crippen molar-refractivity contribution in [3.05, 3.63) is 22.9 Å². The van der Waals surface area contributed by atoms with Gasteiger partial charge in [-0.1, -0.05) is 20.8 Å². The van der Waals surface area contributed by atoms with Gasteiger partial charge < -0.3 is 11.1 Å². The lowest BCUT2D eigenvalue weighted by molar-refractivity contribution is -0.117. The molecule has 0 aliphatic heterocycles. The molecule has 1 heterocycles. The average Bonchev–Trinajstić information content (AvgIpc) is 2.20. The first kappa shape index (κ1) is 14.1. The van der Waals surface area contributed by atoms with E-state index in [1.54, 1.807) is 18.3 Å². The zero-order chi connectivity index (χ0) is 13.1. The van der Waals surface area contributed by atoms with Crippen LogP contribution in [-0.4, -0.2) is 16.9 Å². The minimum atomic E-state index is -0.169.